The normalized spacial score (nSPS) is 23.0. The van der Waals surface area contributed by atoms with E-state index in [-0.39, 0.29) is 0 Å². The maximum atomic E-state index is 5.88. The van der Waals surface area contributed by atoms with Crippen molar-refractivity contribution in [2.75, 3.05) is 5.88 Å². The van der Waals surface area contributed by atoms with Gasteiger partial charge in [-0.3, -0.25) is 4.99 Å². The van der Waals surface area contributed by atoms with Gasteiger partial charge >= 0.3 is 0 Å². The lowest BCUT2D eigenvalue weighted by Gasteiger charge is -2.02. The molecule has 5 heteroatoms. The van der Waals surface area contributed by atoms with Gasteiger partial charge in [0, 0.05) is 11.1 Å². The molecule has 4 nitrogen and oxygen atoms in total. The summed E-state index contributed by atoms with van der Waals surface area (Å²) in [5.41, 5.74) is 14.6. The molecule has 3 rings (SSSR count). The van der Waals surface area contributed by atoms with E-state index in [0.29, 0.717) is 17.5 Å². The Morgan fingerprint density at radius 1 is 1.06 bits per heavy atom. The molecular weight excluding hydrogens is 220 g/mol. The SMILES string of the molecule is NC1=NCSC1=C1N=C(N)c2ccccc21. The summed E-state index contributed by atoms with van der Waals surface area (Å²) in [6, 6.07) is 7.90. The molecule has 2 aliphatic rings. The molecule has 0 saturated carbocycles. The molecule has 4 N–H and O–H groups in total. The number of nitrogens with two attached hydrogens (primary N) is 2. The fourth-order valence-electron chi connectivity index (χ4n) is 1.83. The highest BCUT2D eigenvalue weighted by molar-refractivity contribution is 8.04. The van der Waals surface area contributed by atoms with Gasteiger partial charge in [0.15, 0.2) is 0 Å². The van der Waals surface area contributed by atoms with Crippen molar-refractivity contribution in [1.29, 1.82) is 0 Å². The first kappa shape index (κ1) is 9.47. The highest BCUT2D eigenvalue weighted by Crippen LogP contribution is 2.36. The number of nitrogens with zero attached hydrogens (tertiary/aromatic N) is 2. The number of benzene rings is 1. The zero-order valence-corrected chi connectivity index (χ0v) is 9.29. The predicted molar refractivity (Wildman–Crippen MR) is 68.2 cm³/mol. The van der Waals surface area contributed by atoms with Crippen LogP contribution in [0.1, 0.15) is 11.1 Å². The van der Waals surface area contributed by atoms with Gasteiger partial charge in [-0.25, -0.2) is 4.99 Å². The largest absolute Gasteiger partial charge is 0.383 e. The summed E-state index contributed by atoms with van der Waals surface area (Å²) < 4.78 is 0. The van der Waals surface area contributed by atoms with E-state index in [9.17, 15) is 0 Å². The summed E-state index contributed by atoms with van der Waals surface area (Å²) in [6.45, 7) is 0. The molecule has 0 unspecified atom stereocenters. The average Bonchev–Trinajstić information content (AvgIpc) is 2.84. The number of rotatable bonds is 0. The van der Waals surface area contributed by atoms with Crippen molar-refractivity contribution in [3.63, 3.8) is 0 Å². The Kier molecular flexibility index (Phi) is 2.00. The molecule has 0 amide bonds. The van der Waals surface area contributed by atoms with Gasteiger partial charge in [0.25, 0.3) is 0 Å². The van der Waals surface area contributed by atoms with E-state index in [4.69, 9.17) is 11.5 Å². The minimum absolute atomic E-state index is 0.554. The van der Waals surface area contributed by atoms with E-state index in [1.807, 2.05) is 24.3 Å². The lowest BCUT2D eigenvalue weighted by Crippen LogP contribution is -2.10. The van der Waals surface area contributed by atoms with E-state index in [2.05, 4.69) is 9.98 Å². The van der Waals surface area contributed by atoms with Crippen LogP contribution in [0.3, 0.4) is 0 Å². The van der Waals surface area contributed by atoms with Crippen LogP contribution >= 0.6 is 11.8 Å². The van der Waals surface area contributed by atoms with Crippen LogP contribution in [0.5, 0.6) is 0 Å². The third kappa shape index (κ3) is 1.25. The van der Waals surface area contributed by atoms with Crippen molar-refractivity contribution >= 4 is 29.1 Å². The molecule has 80 valence electrons. The Hall–Kier alpha value is -1.75. The molecule has 0 spiro atoms. The topological polar surface area (TPSA) is 76.8 Å². The van der Waals surface area contributed by atoms with Gasteiger partial charge in [-0.15, -0.1) is 0 Å². The molecule has 0 radical (unpaired) electrons. The molecule has 16 heavy (non-hydrogen) atoms. The molecular formula is C11H10N4S. The third-order valence-electron chi connectivity index (χ3n) is 2.58. The summed E-state index contributed by atoms with van der Waals surface area (Å²) in [4.78, 5) is 9.47. The monoisotopic (exact) mass is 230 g/mol. The van der Waals surface area contributed by atoms with E-state index in [1.54, 1.807) is 11.8 Å². The maximum absolute atomic E-state index is 5.88. The molecule has 0 atom stereocenters. The van der Waals surface area contributed by atoms with Crippen molar-refractivity contribution in [3.8, 4) is 0 Å². The van der Waals surface area contributed by atoms with Gasteiger partial charge in [-0.2, -0.15) is 0 Å². The second-order valence-corrected chi connectivity index (χ2v) is 4.49. The summed E-state index contributed by atoms with van der Waals surface area (Å²) in [7, 11) is 0. The van der Waals surface area contributed by atoms with E-state index in [1.165, 1.54) is 0 Å². The van der Waals surface area contributed by atoms with Crippen molar-refractivity contribution in [1.82, 2.24) is 0 Å². The molecule has 2 heterocycles. The van der Waals surface area contributed by atoms with Crippen molar-refractivity contribution in [2.45, 2.75) is 0 Å². The smallest absolute Gasteiger partial charge is 0.135 e. The van der Waals surface area contributed by atoms with E-state index in [0.717, 1.165) is 21.7 Å². The summed E-state index contributed by atoms with van der Waals surface area (Å²) in [6.07, 6.45) is 0. The predicted octanol–water partition coefficient (Wildman–Crippen LogP) is 1.14. The molecule has 0 aliphatic carbocycles. The lowest BCUT2D eigenvalue weighted by molar-refractivity contribution is 1.38. The third-order valence-corrected chi connectivity index (χ3v) is 3.53. The number of thioether (sulfide) groups is 1. The Labute approximate surface area is 97.1 Å². The zero-order chi connectivity index (χ0) is 11.1. The first-order valence-corrected chi connectivity index (χ1v) is 5.87. The minimum atomic E-state index is 0.554. The van der Waals surface area contributed by atoms with Crippen LogP contribution in [0.4, 0.5) is 0 Å². The minimum Gasteiger partial charge on any atom is -0.383 e. The van der Waals surface area contributed by atoms with Gasteiger partial charge in [-0.05, 0) is 0 Å². The fourth-order valence-corrected chi connectivity index (χ4v) is 2.67. The Morgan fingerprint density at radius 3 is 2.50 bits per heavy atom. The Morgan fingerprint density at radius 2 is 1.81 bits per heavy atom. The van der Waals surface area contributed by atoms with Crippen LogP contribution in [-0.4, -0.2) is 17.5 Å². The van der Waals surface area contributed by atoms with Gasteiger partial charge in [-0.1, -0.05) is 36.0 Å². The number of aliphatic imine (C=N–C) groups is 2. The van der Waals surface area contributed by atoms with Crippen molar-refractivity contribution in [3.05, 3.63) is 40.3 Å². The molecule has 0 bridgehead atoms. The second kappa shape index (κ2) is 3.38. The highest BCUT2D eigenvalue weighted by atomic mass is 32.2. The number of hydrogen-bond acceptors (Lipinski definition) is 5. The molecule has 1 aromatic rings. The quantitative estimate of drug-likeness (QED) is 0.701. The van der Waals surface area contributed by atoms with Crippen molar-refractivity contribution < 1.29 is 0 Å². The molecule has 1 aromatic carbocycles. The van der Waals surface area contributed by atoms with Gasteiger partial charge in [0.05, 0.1) is 16.5 Å². The highest BCUT2D eigenvalue weighted by Gasteiger charge is 2.24. The van der Waals surface area contributed by atoms with Crippen LogP contribution < -0.4 is 11.5 Å². The Bertz CT molecular complexity index is 557. The van der Waals surface area contributed by atoms with E-state index < -0.39 is 0 Å². The molecule has 0 saturated heterocycles. The molecule has 0 aromatic heterocycles. The zero-order valence-electron chi connectivity index (χ0n) is 8.47. The summed E-state index contributed by atoms with van der Waals surface area (Å²) in [5.74, 6) is 1.79. The number of hydrogen-bond donors (Lipinski definition) is 2. The first-order valence-electron chi connectivity index (χ1n) is 4.88. The fraction of sp³-hybridized carbons (Fsp3) is 0.0909. The maximum Gasteiger partial charge on any atom is 0.135 e. The van der Waals surface area contributed by atoms with Gasteiger partial charge < -0.3 is 11.5 Å². The first-order chi connectivity index (χ1) is 7.77. The van der Waals surface area contributed by atoms with E-state index >= 15 is 0 Å². The summed E-state index contributed by atoms with van der Waals surface area (Å²) >= 11 is 1.60. The average molecular weight is 230 g/mol. The van der Waals surface area contributed by atoms with Crippen LogP contribution in [-0.2, 0) is 0 Å². The molecule has 0 fully saturated rings. The standard InChI is InChI=1S/C11H10N4S/c12-10-7-4-2-1-3-6(7)8(15-10)9-11(13)14-5-16-9/h1-4H,5H2,(H2,12,15)(H2,13,14). The lowest BCUT2D eigenvalue weighted by atomic mass is 10.1. The summed E-state index contributed by atoms with van der Waals surface area (Å²) in [5, 5.41) is 0. The van der Waals surface area contributed by atoms with Gasteiger partial charge in [0.2, 0.25) is 0 Å². The number of fused-ring (bicyclic) bond motifs is 1. The second-order valence-electron chi connectivity index (χ2n) is 3.54. The van der Waals surface area contributed by atoms with Crippen LogP contribution in [0.2, 0.25) is 0 Å². The number of amidine groups is 2. The molecule has 2 aliphatic heterocycles. The van der Waals surface area contributed by atoms with Crippen LogP contribution in [0, 0.1) is 0 Å². The van der Waals surface area contributed by atoms with Crippen LogP contribution in [0.15, 0.2) is 39.2 Å². The van der Waals surface area contributed by atoms with Crippen LogP contribution in [0.25, 0.3) is 5.70 Å². The van der Waals surface area contributed by atoms with Gasteiger partial charge in [0.1, 0.15) is 11.7 Å². The van der Waals surface area contributed by atoms with Crippen molar-refractivity contribution in [2.24, 2.45) is 21.5 Å². The Balaban J connectivity index is 2.24.